The van der Waals surface area contributed by atoms with Gasteiger partial charge in [-0.05, 0) is 38.0 Å². The molecule has 2 fully saturated rings. The second-order valence-electron chi connectivity index (χ2n) is 17.6. The van der Waals surface area contributed by atoms with E-state index in [1.165, 1.54) is 13.8 Å². The Balaban J connectivity index is 1.11. The molecule has 0 aromatic carbocycles. The Hall–Kier alpha value is -3.34. The van der Waals surface area contributed by atoms with Crippen LogP contribution in [-0.4, -0.2) is 156 Å². The van der Waals surface area contributed by atoms with Crippen molar-refractivity contribution in [1.82, 2.24) is 30.2 Å². The highest BCUT2D eigenvalue weighted by atomic mass is 32.2. The van der Waals surface area contributed by atoms with Gasteiger partial charge in [-0.3, -0.25) is 32.5 Å². The first kappa shape index (κ1) is 61.2. The van der Waals surface area contributed by atoms with Crippen LogP contribution in [0.15, 0.2) is 49.1 Å². The minimum atomic E-state index is -5.60. The molecule has 31 heteroatoms. The summed E-state index contributed by atoms with van der Waals surface area (Å²) in [6.45, 7) is 2.36. The number of thioether (sulfide) groups is 1. The van der Waals surface area contributed by atoms with E-state index in [9.17, 15) is 73.2 Å². The lowest BCUT2D eigenvalue weighted by Gasteiger charge is -2.30. The van der Waals surface area contributed by atoms with Gasteiger partial charge in [0.25, 0.3) is 0 Å². The van der Waals surface area contributed by atoms with E-state index in [0.29, 0.717) is 37.9 Å². The molecule has 12 unspecified atom stereocenters. The predicted molar refractivity (Wildman–Crippen MR) is 258 cm³/mol. The average molecular weight is 1100 g/mol. The number of allylic oxidation sites excluding steroid dienone is 3. The van der Waals surface area contributed by atoms with Gasteiger partial charge in [0, 0.05) is 49.4 Å². The van der Waals surface area contributed by atoms with Crippen molar-refractivity contribution in [3.8, 4) is 0 Å². The fourth-order valence-corrected chi connectivity index (χ4v) is 11.1. The Bertz CT molecular complexity index is 2350. The second-order valence-corrected chi connectivity index (χ2v) is 23.0. The largest absolute Gasteiger partial charge is 0.481 e. The molecule has 27 nitrogen and oxygen atoms in total. The highest BCUT2D eigenvalue weighted by Gasteiger charge is 2.50. The van der Waals surface area contributed by atoms with E-state index < -0.39 is 103 Å². The molecule has 72 heavy (non-hydrogen) atoms. The summed E-state index contributed by atoms with van der Waals surface area (Å²) < 4.78 is 62.4. The number of anilines is 1. The van der Waals surface area contributed by atoms with Crippen LogP contribution in [0.4, 0.5) is 5.82 Å². The number of hydrogen-bond acceptors (Lipinski definition) is 21. The van der Waals surface area contributed by atoms with Gasteiger partial charge in [0.05, 0.1) is 37.9 Å². The first-order chi connectivity index (χ1) is 33.7. The van der Waals surface area contributed by atoms with Gasteiger partial charge in [0.15, 0.2) is 22.8 Å². The minimum absolute atomic E-state index is 0.0212. The average Bonchev–Trinajstić information content (AvgIpc) is 3.94. The Kier molecular flexibility index (Phi) is 23.8. The summed E-state index contributed by atoms with van der Waals surface area (Å²) in [5.41, 5.74) is 4.23. The van der Waals surface area contributed by atoms with E-state index >= 15 is 0 Å². The van der Waals surface area contributed by atoms with Crippen molar-refractivity contribution in [2.24, 2.45) is 17.3 Å². The lowest BCUT2D eigenvalue weighted by atomic mass is 9.87. The monoisotopic (exact) mass is 1100 g/mol. The zero-order valence-electron chi connectivity index (χ0n) is 39.7. The molecule has 0 radical (unpaired) electrons. The van der Waals surface area contributed by atoms with Crippen LogP contribution in [0, 0.1) is 17.3 Å². The zero-order valence-corrected chi connectivity index (χ0v) is 43.2. The fraction of sp³-hybridized carbons (Fsp3) is 0.659. The zero-order chi connectivity index (χ0) is 53.4. The van der Waals surface area contributed by atoms with Crippen LogP contribution in [0.5, 0.6) is 0 Å². The molecule has 1 aliphatic carbocycles. The smallest absolute Gasteiger partial charge is 0.393 e. The molecule has 2 aliphatic rings. The minimum Gasteiger partial charge on any atom is -0.393 e. The number of nitrogens with one attached hydrogen (secondary N) is 2. The number of nitrogen functional groups attached to an aromatic ring is 1. The van der Waals surface area contributed by atoms with Gasteiger partial charge in [-0.1, -0.05) is 69.0 Å². The molecule has 3 heterocycles. The number of phosphoric ester groups is 3. The standard InChI is InChI=1S/C41H66N7O20P3S/c1-4-5-8-11-25(49)14-15-27-26(28(50)20-29(27)51)12-9-6-7-10-13-32(53)72-19-18-43-31(52)16-17-44-39(56)36(55)41(2,3)22-65-71(62,63)68-70(60,61)64-21-30-35(67-69(57,58)59)34(54)40(66-30)48-24-47-33-37(42)45-23-46-38(33)48/h5-6,8-9,14-15,23-30,34-36,40,49-51,54-55H,4,7,10-13,16-22H2,1-3H3,(H,43,52)(H,44,56)(H,60,61)(H,62,63)(H2,42,45,46)(H2,57,58,59)/b8-5+,9-6+,15-14+. The summed E-state index contributed by atoms with van der Waals surface area (Å²) in [6, 6.07) is 0. The van der Waals surface area contributed by atoms with E-state index in [1.807, 2.05) is 31.2 Å². The predicted octanol–water partition coefficient (Wildman–Crippen LogP) is 1.41. The second kappa shape index (κ2) is 28.0. The number of aliphatic hydroxyl groups excluding tert-OH is 5. The molecule has 406 valence electrons. The molecule has 0 bridgehead atoms. The molecule has 12 atom stereocenters. The summed E-state index contributed by atoms with van der Waals surface area (Å²) in [6.07, 6.45) is 5.72. The van der Waals surface area contributed by atoms with Crippen molar-refractivity contribution < 1.29 is 95.8 Å². The maximum absolute atomic E-state index is 12.8. The topological polar surface area (TPSA) is 424 Å². The highest BCUT2D eigenvalue weighted by molar-refractivity contribution is 8.13. The number of carbonyl (C=O) groups is 3. The molecular formula is C41H66N7O20P3S. The number of rotatable bonds is 30. The van der Waals surface area contributed by atoms with Crippen LogP contribution in [-0.2, 0) is 50.7 Å². The van der Waals surface area contributed by atoms with Crippen molar-refractivity contribution in [3.63, 3.8) is 0 Å². The van der Waals surface area contributed by atoms with Gasteiger partial charge < -0.3 is 66.2 Å². The molecule has 1 saturated carbocycles. The van der Waals surface area contributed by atoms with Gasteiger partial charge in [0.1, 0.15) is 36.3 Å². The maximum Gasteiger partial charge on any atom is 0.481 e. The SMILES string of the molecule is CC/C=C/CC(O)/C=C/C1C(O)CC(O)C1C/C=C/CCCC(=O)SCCNC(=O)CCNC(=O)C(O)C(C)(C)COP(=O)(O)OP(=O)(O)OCC1OC(n2cnc3c(N)ncnc32)C(O)C1OP(=O)(O)O. The van der Waals surface area contributed by atoms with Crippen LogP contribution in [0.2, 0.25) is 0 Å². The number of nitrogens with two attached hydrogens (primary N) is 1. The number of nitrogens with zero attached hydrogens (tertiary/aromatic N) is 4. The Labute approximate surface area is 419 Å². The first-order valence-corrected chi connectivity index (χ1v) is 28.3. The number of phosphoric acid groups is 3. The third kappa shape index (κ3) is 19.4. The van der Waals surface area contributed by atoms with Crippen LogP contribution in [0.25, 0.3) is 11.2 Å². The van der Waals surface area contributed by atoms with Crippen molar-refractivity contribution in [2.75, 3.05) is 37.8 Å². The maximum atomic E-state index is 12.8. The van der Waals surface area contributed by atoms with E-state index in [0.717, 1.165) is 35.4 Å². The summed E-state index contributed by atoms with van der Waals surface area (Å²) in [4.78, 5) is 88.6. The van der Waals surface area contributed by atoms with Crippen molar-refractivity contribution in [2.45, 2.75) is 121 Å². The summed E-state index contributed by atoms with van der Waals surface area (Å²) in [7, 11) is -16.5. The molecule has 1 aliphatic heterocycles. The van der Waals surface area contributed by atoms with Crippen molar-refractivity contribution >= 4 is 69.1 Å². The van der Waals surface area contributed by atoms with Gasteiger partial charge >= 0.3 is 23.5 Å². The fourth-order valence-electron chi connectivity index (χ4n) is 7.55. The van der Waals surface area contributed by atoms with Gasteiger partial charge in [0.2, 0.25) is 11.8 Å². The van der Waals surface area contributed by atoms with Gasteiger partial charge in [-0.2, -0.15) is 4.31 Å². The van der Waals surface area contributed by atoms with E-state index in [2.05, 4.69) is 34.4 Å². The Morgan fingerprint density at radius 2 is 1.69 bits per heavy atom. The molecule has 13 N–H and O–H groups in total. The van der Waals surface area contributed by atoms with Crippen LogP contribution in [0.3, 0.4) is 0 Å². The highest BCUT2D eigenvalue weighted by Crippen LogP contribution is 2.61. The van der Waals surface area contributed by atoms with Crippen LogP contribution in [0.1, 0.15) is 78.4 Å². The van der Waals surface area contributed by atoms with Crippen LogP contribution < -0.4 is 16.4 Å². The van der Waals surface area contributed by atoms with E-state index in [4.69, 9.17) is 19.5 Å². The van der Waals surface area contributed by atoms with E-state index in [1.54, 1.807) is 12.2 Å². The Morgan fingerprint density at radius 1 is 0.972 bits per heavy atom. The number of hydrogen-bond donors (Lipinski definition) is 12. The first-order valence-electron chi connectivity index (χ1n) is 22.8. The number of imidazole rings is 1. The summed E-state index contributed by atoms with van der Waals surface area (Å²) in [5, 5.41) is 57.6. The molecular weight excluding hydrogens is 1040 g/mol. The lowest BCUT2D eigenvalue weighted by molar-refractivity contribution is -0.137. The molecule has 2 aromatic heterocycles. The molecule has 2 amide bonds. The van der Waals surface area contributed by atoms with Crippen molar-refractivity contribution in [3.05, 3.63) is 49.1 Å². The quantitative estimate of drug-likeness (QED) is 0.0299. The van der Waals surface area contributed by atoms with Gasteiger partial charge in [-0.15, -0.1) is 0 Å². The molecule has 4 rings (SSSR count). The van der Waals surface area contributed by atoms with Gasteiger partial charge in [-0.25, -0.2) is 28.6 Å². The number of carbonyl (C=O) groups excluding carboxylic acids is 3. The number of ether oxygens (including phenoxy) is 1. The number of aromatic nitrogens is 4. The third-order valence-electron chi connectivity index (χ3n) is 11.3. The van der Waals surface area contributed by atoms with Crippen LogP contribution >= 0.6 is 35.2 Å². The lowest BCUT2D eigenvalue weighted by Crippen LogP contribution is -2.46. The number of fused-ring (bicyclic) bond motifs is 1. The molecule has 2 aromatic rings. The molecule has 0 spiro atoms. The summed E-state index contributed by atoms with van der Waals surface area (Å²) in [5.74, 6) is -1.71. The third-order valence-corrected chi connectivity index (χ3v) is 15.4. The number of unbranched alkanes of at least 4 members (excludes halogenated alkanes) is 1. The Morgan fingerprint density at radius 3 is 2.40 bits per heavy atom. The number of amides is 2. The van der Waals surface area contributed by atoms with E-state index in [-0.39, 0.29) is 59.9 Å². The number of aliphatic hydroxyl groups is 5. The van der Waals surface area contributed by atoms with Crippen molar-refractivity contribution in [1.29, 1.82) is 0 Å². The normalized spacial score (nSPS) is 25.6. The molecule has 1 saturated heterocycles. The summed E-state index contributed by atoms with van der Waals surface area (Å²) >= 11 is 1.05.